The molecule has 1 heteroatoms. The number of rotatable bonds is 0. The normalized spacial score (nSPS) is 8.25. The quantitative estimate of drug-likeness (QED) is 0.502. The molecule has 0 spiro atoms. The van der Waals surface area contributed by atoms with Gasteiger partial charge in [-0.05, 0) is 26.0 Å². The predicted octanol–water partition coefficient (Wildman–Crippen LogP) is 2.53. The van der Waals surface area contributed by atoms with E-state index in [0.29, 0.717) is 0 Å². The van der Waals surface area contributed by atoms with Crippen LogP contribution in [0.5, 0.6) is 0 Å². The average Bonchev–Trinajstić information content (AvgIpc) is 1.87. The second kappa shape index (κ2) is 2.55. The van der Waals surface area contributed by atoms with Gasteiger partial charge in [0.05, 0.1) is 0 Å². The van der Waals surface area contributed by atoms with Crippen LogP contribution < -0.4 is 0 Å². The van der Waals surface area contributed by atoms with Gasteiger partial charge in [0.1, 0.15) is 11.5 Å². The minimum atomic E-state index is 0. The first-order chi connectivity index (χ1) is 3.29. The molecule has 0 aliphatic carbocycles. The second-order valence-electron chi connectivity index (χ2n) is 1.66. The smallest absolute Gasteiger partial charge is 0.101 e. The highest BCUT2D eigenvalue weighted by molar-refractivity contribution is 5.02. The Morgan fingerprint density at radius 1 is 1.12 bits per heavy atom. The molecule has 46 valence electrons. The number of hydrogen-bond acceptors (Lipinski definition) is 1. The molecule has 1 heterocycles. The summed E-state index contributed by atoms with van der Waals surface area (Å²) in [5.74, 6) is 1.97. The van der Waals surface area contributed by atoms with E-state index in [1.807, 2.05) is 26.0 Å². The van der Waals surface area contributed by atoms with Gasteiger partial charge in [-0.2, -0.15) is 0 Å². The van der Waals surface area contributed by atoms with Crippen LogP contribution in [0.4, 0.5) is 0 Å². The van der Waals surface area contributed by atoms with Crippen LogP contribution in [0.25, 0.3) is 0 Å². The largest absolute Gasteiger partial charge is 0.467 e. The van der Waals surface area contributed by atoms with Gasteiger partial charge in [-0.25, -0.2) is 0 Å². The number of aryl methyl sites for hydroxylation is 2. The van der Waals surface area contributed by atoms with Crippen molar-refractivity contribution in [3.63, 3.8) is 0 Å². The summed E-state index contributed by atoms with van der Waals surface area (Å²) in [7, 11) is 0. The molecule has 0 N–H and O–H groups in total. The summed E-state index contributed by atoms with van der Waals surface area (Å²) in [5, 5.41) is 0. The van der Waals surface area contributed by atoms with Gasteiger partial charge in [0.25, 0.3) is 0 Å². The van der Waals surface area contributed by atoms with Crippen LogP contribution in [0.3, 0.4) is 0 Å². The van der Waals surface area contributed by atoms with Crippen LogP contribution in [-0.4, -0.2) is 0 Å². The summed E-state index contributed by atoms with van der Waals surface area (Å²) < 4.78 is 5.08. The van der Waals surface area contributed by atoms with Gasteiger partial charge in [-0.1, -0.05) is 7.43 Å². The van der Waals surface area contributed by atoms with Crippen molar-refractivity contribution in [3.05, 3.63) is 23.7 Å². The van der Waals surface area contributed by atoms with Gasteiger partial charge in [0.2, 0.25) is 0 Å². The molecule has 0 atom stereocenters. The van der Waals surface area contributed by atoms with Crippen molar-refractivity contribution in [1.29, 1.82) is 0 Å². The first-order valence-electron chi connectivity index (χ1n) is 2.32. The summed E-state index contributed by atoms with van der Waals surface area (Å²) in [6.45, 7) is 3.88. The molecule has 0 unspecified atom stereocenters. The Kier molecular flexibility index (Phi) is 2.32. The molecule has 0 aliphatic rings. The third-order valence-electron chi connectivity index (χ3n) is 0.875. The van der Waals surface area contributed by atoms with E-state index in [1.165, 1.54) is 0 Å². The van der Waals surface area contributed by atoms with E-state index >= 15 is 0 Å². The minimum absolute atomic E-state index is 0. The van der Waals surface area contributed by atoms with Crippen LogP contribution in [-0.2, 0) is 0 Å². The molecule has 0 amide bonds. The van der Waals surface area contributed by atoms with Crippen molar-refractivity contribution in [2.24, 2.45) is 0 Å². The molecule has 1 aromatic heterocycles. The lowest BCUT2D eigenvalue weighted by Gasteiger charge is -1.76. The van der Waals surface area contributed by atoms with Gasteiger partial charge < -0.3 is 4.42 Å². The SMILES string of the molecule is C.Cc1ccc(C)o1. The highest BCUT2D eigenvalue weighted by Crippen LogP contribution is 2.02. The summed E-state index contributed by atoms with van der Waals surface area (Å²) in [6, 6.07) is 3.91. The Labute approximate surface area is 50.3 Å². The van der Waals surface area contributed by atoms with E-state index < -0.39 is 0 Å². The van der Waals surface area contributed by atoms with E-state index in [-0.39, 0.29) is 7.43 Å². The maximum absolute atomic E-state index is 5.08. The van der Waals surface area contributed by atoms with Gasteiger partial charge in [0, 0.05) is 0 Å². The van der Waals surface area contributed by atoms with Crippen LogP contribution in [0.1, 0.15) is 18.9 Å². The Bertz CT molecular complexity index is 137. The van der Waals surface area contributed by atoms with Crippen molar-refractivity contribution in [2.45, 2.75) is 21.3 Å². The molecular formula is C7H12O. The lowest BCUT2D eigenvalue weighted by atomic mass is 10.5. The second-order valence-corrected chi connectivity index (χ2v) is 1.66. The number of furan rings is 1. The fourth-order valence-electron chi connectivity index (χ4n) is 0.557. The third-order valence-corrected chi connectivity index (χ3v) is 0.875. The molecule has 0 radical (unpaired) electrons. The first kappa shape index (κ1) is 7.28. The minimum Gasteiger partial charge on any atom is -0.467 e. The molecule has 1 aromatic rings. The summed E-state index contributed by atoms with van der Waals surface area (Å²) in [4.78, 5) is 0. The van der Waals surface area contributed by atoms with Crippen LogP contribution in [0.15, 0.2) is 16.5 Å². The molecule has 1 rings (SSSR count). The lowest BCUT2D eigenvalue weighted by Crippen LogP contribution is -1.53. The van der Waals surface area contributed by atoms with Gasteiger partial charge in [-0.3, -0.25) is 0 Å². The molecular weight excluding hydrogens is 100 g/mol. The standard InChI is InChI=1S/C6H8O.CH4/c1-5-3-4-6(2)7-5;/h3-4H,1-2H3;1H4. The monoisotopic (exact) mass is 112 g/mol. The van der Waals surface area contributed by atoms with Crippen LogP contribution in [0, 0.1) is 13.8 Å². The molecule has 1 nitrogen and oxygen atoms in total. The summed E-state index contributed by atoms with van der Waals surface area (Å²) in [5.41, 5.74) is 0. The van der Waals surface area contributed by atoms with Crippen LogP contribution in [0.2, 0.25) is 0 Å². The van der Waals surface area contributed by atoms with E-state index in [4.69, 9.17) is 4.42 Å². The maximum Gasteiger partial charge on any atom is 0.101 e. The Morgan fingerprint density at radius 2 is 1.50 bits per heavy atom. The summed E-state index contributed by atoms with van der Waals surface area (Å²) in [6.07, 6.45) is 0. The molecule has 0 aliphatic heterocycles. The highest BCUT2D eigenvalue weighted by Gasteiger charge is 1.85. The predicted molar refractivity (Wildman–Crippen MR) is 34.9 cm³/mol. The molecule has 0 saturated heterocycles. The molecule has 0 aromatic carbocycles. The van der Waals surface area contributed by atoms with Crippen molar-refractivity contribution < 1.29 is 4.42 Å². The first-order valence-corrected chi connectivity index (χ1v) is 2.32. The average molecular weight is 112 g/mol. The Morgan fingerprint density at radius 3 is 1.62 bits per heavy atom. The molecule has 0 fully saturated rings. The highest BCUT2D eigenvalue weighted by atomic mass is 16.3. The van der Waals surface area contributed by atoms with Crippen molar-refractivity contribution in [1.82, 2.24) is 0 Å². The van der Waals surface area contributed by atoms with Gasteiger partial charge >= 0.3 is 0 Å². The van der Waals surface area contributed by atoms with Gasteiger partial charge in [0.15, 0.2) is 0 Å². The third kappa shape index (κ3) is 1.41. The fourth-order valence-corrected chi connectivity index (χ4v) is 0.557. The van der Waals surface area contributed by atoms with E-state index in [2.05, 4.69) is 0 Å². The lowest BCUT2D eigenvalue weighted by molar-refractivity contribution is 0.504. The Hall–Kier alpha value is -0.720. The zero-order valence-electron chi connectivity index (χ0n) is 4.56. The van der Waals surface area contributed by atoms with Crippen LogP contribution >= 0.6 is 0 Å². The van der Waals surface area contributed by atoms with Gasteiger partial charge in [-0.15, -0.1) is 0 Å². The maximum atomic E-state index is 5.08. The topological polar surface area (TPSA) is 13.1 Å². The van der Waals surface area contributed by atoms with E-state index in [9.17, 15) is 0 Å². The summed E-state index contributed by atoms with van der Waals surface area (Å²) >= 11 is 0. The fraction of sp³-hybridized carbons (Fsp3) is 0.429. The van der Waals surface area contributed by atoms with E-state index in [1.54, 1.807) is 0 Å². The van der Waals surface area contributed by atoms with Crippen molar-refractivity contribution >= 4 is 0 Å². The van der Waals surface area contributed by atoms with E-state index in [0.717, 1.165) is 11.5 Å². The Balaban J connectivity index is 0.000000490. The molecule has 0 bridgehead atoms. The van der Waals surface area contributed by atoms with Crippen molar-refractivity contribution in [2.75, 3.05) is 0 Å². The molecule has 0 saturated carbocycles. The zero-order valence-corrected chi connectivity index (χ0v) is 4.56. The zero-order chi connectivity index (χ0) is 5.28. The number of hydrogen-bond donors (Lipinski definition) is 0. The molecule has 8 heavy (non-hydrogen) atoms. The van der Waals surface area contributed by atoms with Crippen molar-refractivity contribution in [3.8, 4) is 0 Å².